The lowest BCUT2D eigenvalue weighted by Crippen LogP contribution is -2.43. The number of aromatic nitrogens is 8. The number of carbonyl (C=O) groups excluding carboxylic acids is 4. The van der Waals surface area contributed by atoms with Gasteiger partial charge in [0.05, 0.1) is 12.7 Å². The number of nitrogens with one attached hydrogen (secondary N) is 2. The van der Waals surface area contributed by atoms with Crippen LogP contribution in [0.3, 0.4) is 0 Å². The minimum atomic E-state index is -1.43. The van der Waals surface area contributed by atoms with Gasteiger partial charge in [0, 0.05) is 73.7 Å². The number of nitrogen functional groups attached to an aromatic ring is 2. The van der Waals surface area contributed by atoms with E-state index >= 15 is 0 Å². The third-order valence-corrected chi connectivity index (χ3v) is 15.5. The number of nitrogens with zero attached hydrogens (tertiary/aromatic N) is 10. The number of fused-ring (bicyclic) bond motifs is 2. The molecule has 0 radical (unpaired) electrons. The van der Waals surface area contributed by atoms with Crippen LogP contribution < -0.4 is 31.6 Å². The number of aliphatic hydroxyl groups excluding tert-OH is 4. The van der Waals surface area contributed by atoms with Gasteiger partial charge in [-0.2, -0.15) is 0 Å². The van der Waals surface area contributed by atoms with Gasteiger partial charge in [0.25, 0.3) is 11.8 Å². The molecule has 10 N–H and O–H groups in total. The number of aliphatic hydroxyl groups is 4. The number of hydrogen-bond donors (Lipinski definition) is 8. The quantitative estimate of drug-likeness (QED) is 0.0555. The Labute approximate surface area is 498 Å². The van der Waals surface area contributed by atoms with Crippen LogP contribution in [0.1, 0.15) is 82.5 Å². The molecule has 2 aromatic carbocycles. The number of imidazole rings is 2. The average molecular weight is 1290 g/mol. The fraction of sp³-hybridized carbons (Fsp3) is 0.464. The van der Waals surface area contributed by atoms with Crippen LogP contribution in [-0.4, -0.2) is 168 Å². The van der Waals surface area contributed by atoms with Gasteiger partial charge in [0.2, 0.25) is 5.82 Å². The van der Waals surface area contributed by atoms with Crippen molar-refractivity contribution >= 4 is 80.6 Å². The van der Waals surface area contributed by atoms with Crippen molar-refractivity contribution in [1.82, 2.24) is 59.5 Å². The van der Waals surface area contributed by atoms with E-state index in [0.29, 0.717) is 59.3 Å². The monoisotopic (exact) mass is 1290 g/mol. The third-order valence-electron chi connectivity index (χ3n) is 15.0. The van der Waals surface area contributed by atoms with Gasteiger partial charge in [0.1, 0.15) is 58.6 Å². The highest BCUT2D eigenvalue weighted by atomic mass is 127. The lowest BCUT2D eigenvalue weighted by atomic mass is 9.94. The summed E-state index contributed by atoms with van der Waals surface area (Å²) < 4.78 is 50.9. The van der Waals surface area contributed by atoms with Gasteiger partial charge in [-0.1, -0.05) is 5.92 Å². The van der Waals surface area contributed by atoms with Crippen molar-refractivity contribution in [3.63, 3.8) is 0 Å². The zero-order valence-electron chi connectivity index (χ0n) is 45.5. The number of amides is 4. The molecule has 4 saturated heterocycles. The Bertz CT molecular complexity index is 3500. The Morgan fingerprint density at radius 2 is 1.05 bits per heavy atom. The molecule has 6 fully saturated rings. The van der Waals surface area contributed by atoms with Gasteiger partial charge < -0.3 is 71.3 Å². The van der Waals surface area contributed by atoms with Crippen molar-refractivity contribution in [3.8, 4) is 35.7 Å². The van der Waals surface area contributed by atoms with E-state index in [9.17, 15) is 48.4 Å². The van der Waals surface area contributed by atoms with Crippen molar-refractivity contribution in [2.24, 2.45) is 11.8 Å². The van der Waals surface area contributed by atoms with E-state index < -0.39 is 72.8 Å². The number of carbonyl (C=O) groups is 4. The number of ether oxygens (including phenoxy) is 4. The Balaban J connectivity index is 0.000000157. The minimum Gasteiger partial charge on any atom is -0.410 e. The molecule has 29 heteroatoms. The zero-order chi connectivity index (χ0) is 60.1. The van der Waals surface area contributed by atoms with Crippen LogP contribution in [0.2, 0.25) is 0 Å². The maximum absolute atomic E-state index is 13.1. The number of nitrogens with two attached hydrogens (primary N) is 2. The average Bonchev–Trinajstić information content (AvgIpc) is 2.29. The second-order valence-corrected chi connectivity index (χ2v) is 22.3. The molecular formula is C56H61F2IN14O12. The van der Waals surface area contributed by atoms with E-state index in [2.05, 4.69) is 58.3 Å². The highest BCUT2D eigenvalue weighted by molar-refractivity contribution is 14.1. The number of likely N-dealkylation sites (tertiary alicyclic amines) is 2. The molecule has 6 aromatic rings. The summed E-state index contributed by atoms with van der Waals surface area (Å²) in [4.78, 5) is 77.6. The van der Waals surface area contributed by atoms with E-state index in [1.54, 1.807) is 9.80 Å². The second kappa shape index (κ2) is 26.6. The van der Waals surface area contributed by atoms with Gasteiger partial charge in [-0.05, 0) is 118 Å². The van der Waals surface area contributed by atoms with Crippen LogP contribution in [0, 0.1) is 51.5 Å². The number of halogens is 3. The molecule has 85 heavy (non-hydrogen) atoms. The molecule has 2 saturated carbocycles. The maximum atomic E-state index is 13.1. The summed E-state index contributed by atoms with van der Waals surface area (Å²) in [7, 11) is 0. The van der Waals surface area contributed by atoms with E-state index in [0.717, 1.165) is 57.8 Å². The summed E-state index contributed by atoms with van der Waals surface area (Å²) in [5.74, 6) is 8.86. The summed E-state index contributed by atoms with van der Waals surface area (Å²) >= 11 is 1.91. The summed E-state index contributed by atoms with van der Waals surface area (Å²) in [5.41, 5.74) is 13.2. The first-order chi connectivity index (χ1) is 40.9. The van der Waals surface area contributed by atoms with Crippen LogP contribution in [0.15, 0.2) is 61.2 Å². The first-order valence-electron chi connectivity index (χ1n) is 27.6. The number of anilines is 2. The highest BCUT2D eigenvalue weighted by Gasteiger charge is 2.50. The van der Waals surface area contributed by atoms with Gasteiger partial charge in [-0.3, -0.25) is 18.7 Å². The number of terminal acetylenes is 1. The van der Waals surface area contributed by atoms with Crippen LogP contribution >= 0.6 is 22.6 Å². The number of piperidine rings is 2. The molecule has 8 heterocycles. The summed E-state index contributed by atoms with van der Waals surface area (Å²) in [5, 5.41) is 47.2. The van der Waals surface area contributed by atoms with Crippen molar-refractivity contribution in [1.29, 1.82) is 0 Å². The summed E-state index contributed by atoms with van der Waals surface area (Å²) in [6.45, 7) is 2.34. The predicted octanol–water partition coefficient (Wildman–Crippen LogP) is 3.07. The molecule has 0 bridgehead atoms. The smallest absolute Gasteiger partial charge is 0.410 e. The standard InChI is InChI=1S/C28H30FN7O6.C15H16FNO2.C13H15IN6O4/c29-16-4-8-18(9-5-16)41-28(40)35-12-10-15(11-13-35)2-1-3-19-33-24(30)20-25(34-19)36(14-31-20)27-22(38)21(37)23(42-27)26(39)32-17-6-7-17;1-2-3-12-8-10-17(11-9-12)15(18)19-14-6-4-13(16)5-7-14;14-13-18-9(15)5-10(19-13)20(3-16-5)12-7(22)6(21)8(24-12)11(23)17-4-1-2-4/h4-5,8-9,14-15,17,21-23,27,37-38H,2,6-7,10-13H2,(H,32,39)(H2,30,33,34);1,4-7,12H,3,8-11H2;3-4,6-8,12,21-22H,1-2H2,(H,17,23)(H2,15,18,19)/t21-,22?,23+,27-;;6-,7?,8+,12-/m1.1/s1. The number of benzene rings is 2. The first-order valence-corrected chi connectivity index (χ1v) is 28.7. The third kappa shape index (κ3) is 14.6. The lowest BCUT2D eigenvalue weighted by molar-refractivity contribution is -0.138. The topological polar surface area (TPSA) is 356 Å². The van der Waals surface area contributed by atoms with E-state index in [1.807, 2.05) is 22.6 Å². The minimum absolute atomic E-state index is 0.0733. The Kier molecular flexibility index (Phi) is 18.8. The van der Waals surface area contributed by atoms with Crippen molar-refractivity contribution < 1.29 is 67.3 Å². The van der Waals surface area contributed by atoms with Gasteiger partial charge >= 0.3 is 12.2 Å². The van der Waals surface area contributed by atoms with Crippen LogP contribution in [0.4, 0.5) is 30.0 Å². The van der Waals surface area contributed by atoms with Crippen LogP contribution in [0.5, 0.6) is 11.5 Å². The molecule has 2 unspecified atom stereocenters. The largest absolute Gasteiger partial charge is 0.415 e. The van der Waals surface area contributed by atoms with Crippen molar-refractivity contribution in [2.75, 3.05) is 37.6 Å². The van der Waals surface area contributed by atoms with E-state index in [1.165, 1.54) is 70.3 Å². The van der Waals surface area contributed by atoms with Gasteiger partial charge in [-0.25, -0.2) is 48.3 Å². The highest BCUT2D eigenvalue weighted by Crippen LogP contribution is 2.35. The van der Waals surface area contributed by atoms with E-state index in [-0.39, 0.29) is 64.3 Å². The SMILES string of the molecule is C#CCC1CCN(C(=O)Oc2ccc(F)cc2)CC1.Nc1nc(C#CCC2CCN(C(=O)Oc3ccc(F)cc3)CC2)nc2c1ncn2[C@@H]1O[C@H](C(=O)NC2CC2)[C@H](O)C1O.Nc1nc(I)nc2c1ncn2[C@@H]1O[C@H](C(=O)NC2CC2)[C@H](O)C1O. The molecule has 26 nitrogen and oxygen atoms in total. The summed E-state index contributed by atoms with van der Waals surface area (Å²) in [6.07, 6.45) is 5.39. The lowest BCUT2D eigenvalue weighted by Gasteiger charge is -2.30. The number of hydrogen-bond acceptors (Lipinski definition) is 20. The summed E-state index contributed by atoms with van der Waals surface area (Å²) in [6, 6.07) is 10.9. The van der Waals surface area contributed by atoms with Gasteiger partial charge in [0.15, 0.2) is 51.4 Å². The normalized spacial score (nSPS) is 24.0. The maximum Gasteiger partial charge on any atom is 0.415 e. The molecule has 0 spiro atoms. The number of rotatable bonds is 10. The molecule has 2 aliphatic carbocycles. The zero-order valence-corrected chi connectivity index (χ0v) is 47.7. The van der Waals surface area contributed by atoms with Crippen LogP contribution in [-0.2, 0) is 19.1 Å². The Morgan fingerprint density at radius 3 is 1.48 bits per heavy atom. The fourth-order valence-electron chi connectivity index (χ4n) is 9.93. The molecule has 4 aromatic heterocycles. The van der Waals surface area contributed by atoms with Crippen LogP contribution in [0.25, 0.3) is 22.3 Å². The molecular weight excluding hydrogens is 1230 g/mol. The fourth-order valence-corrected chi connectivity index (χ4v) is 10.4. The molecule has 6 aliphatic rings. The van der Waals surface area contributed by atoms with E-state index in [4.69, 9.17) is 36.8 Å². The Morgan fingerprint density at radius 1 is 0.624 bits per heavy atom. The molecule has 448 valence electrons. The predicted molar refractivity (Wildman–Crippen MR) is 305 cm³/mol. The van der Waals surface area contributed by atoms with Crippen molar-refractivity contribution in [2.45, 2.75) is 125 Å². The first kappa shape index (κ1) is 60.2. The molecule has 12 rings (SSSR count). The second-order valence-electron chi connectivity index (χ2n) is 21.3. The molecule has 4 amide bonds. The van der Waals surface area contributed by atoms with Gasteiger partial charge in [-0.15, -0.1) is 12.3 Å². The van der Waals surface area contributed by atoms with Crippen molar-refractivity contribution in [3.05, 3.63) is 82.5 Å². The molecule has 4 aliphatic heterocycles. The Hall–Kier alpha value is -7.91. The molecule has 8 atom stereocenters.